The molecule has 1 aliphatic rings. The Kier molecular flexibility index (Phi) is 2.07. The minimum atomic E-state index is -2.99. The number of aliphatic hydroxyl groups excluding tert-OH is 1. The fourth-order valence-electron chi connectivity index (χ4n) is 0.954. The summed E-state index contributed by atoms with van der Waals surface area (Å²) in [5, 5.41) is 23.8. The highest BCUT2D eigenvalue weighted by atomic mass is 19.3. The van der Waals surface area contributed by atoms with Crippen LogP contribution >= 0.6 is 0 Å². The maximum Gasteiger partial charge on any atom is 0.340 e. The second-order valence-electron chi connectivity index (χ2n) is 2.78. The molecule has 0 amide bonds. The van der Waals surface area contributed by atoms with Crippen LogP contribution < -0.4 is 0 Å². The third-order valence-corrected chi connectivity index (χ3v) is 1.82. The van der Waals surface area contributed by atoms with E-state index in [0.29, 0.717) is 0 Å². The molecular weight excluding hydrogens is 184 g/mol. The van der Waals surface area contributed by atoms with E-state index in [1.54, 1.807) is 0 Å². The Labute approximate surface area is 72.0 Å². The van der Waals surface area contributed by atoms with Gasteiger partial charge in [-0.3, -0.25) is 0 Å². The zero-order valence-corrected chi connectivity index (χ0v) is 6.42. The number of alkyl halides is 2. The second-order valence-corrected chi connectivity index (χ2v) is 2.78. The normalized spacial score (nSPS) is 25.4. The van der Waals surface area contributed by atoms with Crippen molar-refractivity contribution in [3.63, 3.8) is 0 Å². The molecule has 3 N–H and O–H groups in total. The van der Waals surface area contributed by atoms with Gasteiger partial charge in [-0.25, -0.2) is 13.6 Å². The Morgan fingerprint density at radius 2 is 2.08 bits per heavy atom. The van der Waals surface area contributed by atoms with E-state index in [9.17, 15) is 13.6 Å². The van der Waals surface area contributed by atoms with Crippen LogP contribution in [-0.2, 0) is 4.79 Å². The van der Waals surface area contributed by atoms with Crippen molar-refractivity contribution in [2.45, 2.75) is 12.3 Å². The number of rotatable bonds is 3. The van der Waals surface area contributed by atoms with Gasteiger partial charge in [-0.2, -0.15) is 0 Å². The number of hydrogen-bond acceptors (Lipinski definition) is 3. The van der Waals surface area contributed by atoms with E-state index >= 15 is 0 Å². The average Bonchev–Trinajstić information content (AvgIpc) is 2.60. The minimum Gasteiger partial charge on any atom is -0.515 e. The molecule has 1 aliphatic carbocycles. The standard InChI is InChI=1S/C7H7F2NO3/c8-7(9)1-4(7)5(10)3(2-11)6(12)13/h2,4,10-11H,1H2,(H,12,13)/b3-2+,10-5?. The Morgan fingerprint density at radius 1 is 1.62 bits per heavy atom. The lowest BCUT2D eigenvalue weighted by molar-refractivity contribution is -0.132. The Hall–Kier alpha value is -1.46. The first-order chi connectivity index (χ1) is 5.90. The third-order valence-electron chi connectivity index (χ3n) is 1.82. The summed E-state index contributed by atoms with van der Waals surface area (Å²) in [5.74, 6) is -5.92. The zero-order valence-electron chi connectivity index (χ0n) is 6.42. The van der Waals surface area contributed by atoms with E-state index in [1.807, 2.05) is 0 Å². The molecule has 0 saturated heterocycles. The molecule has 1 atom stereocenters. The first-order valence-corrected chi connectivity index (χ1v) is 3.44. The number of hydrogen-bond donors (Lipinski definition) is 3. The topological polar surface area (TPSA) is 81.4 Å². The maximum atomic E-state index is 12.4. The van der Waals surface area contributed by atoms with E-state index in [1.165, 1.54) is 0 Å². The summed E-state index contributed by atoms with van der Waals surface area (Å²) < 4.78 is 24.7. The predicted molar refractivity (Wildman–Crippen MR) is 39.1 cm³/mol. The molecule has 1 rings (SSSR count). The zero-order chi connectivity index (χ0) is 10.2. The lowest BCUT2D eigenvalue weighted by Gasteiger charge is -2.01. The molecule has 4 nitrogen and oxygen atoms in total. The van der Waals surface area contributed by atoms with Gasteiger partial charge in [0.25, 0.3) is 5.92 Å². The van der Waals surface area contributed by atoms with Crippen molar-refractivity contribution in [1.82, 2.24) is 0 Å². The van der Waals surface area contributed by atoms with Crippen molar-refractivity contribution in [2.24, 2.45) is 5.92 Å². The molecular formula is C7H7F2NO3. The van der Waals surface area contributed by atoms with Crippen molar-refractivity contribution in [1.29, 1.82) is 5.41 Å². The molecule has 0 spiro atoms. The Bertz CT molecular complexity index is 298. The predicted octanol–water partition coefficient (Wildman–Crippen LogP) is 1.19. The van der Waals surface area contributed by atoms with E-state index in [4.69, 9.17) is 15.6 Å². The highest BCUT2D eigenvalue weighted by Crippen LogP contribution is 2.50. The molecule has 0 aromatic rings. The summed E-state index contributed by atoms with van der Waals surface area (Å²) in [7, 11) is 0. The fraction of sp³-hybridized carbons (Fsp3) is 0.429. The molecule has 0 aliphatic heterocycles. The van der Waals surface area contributed by atoms with Crippen molar-refractivity contribution < 1.29 is 23.8 Å². The summed E-state index contributed by atoms with van der Waals surface area (Å²) in [4.78, 5) is 10.3. The number of halogens is 2. The molecule has 72 valence electrons. The van der Waals surface area contributed by atoms with Crippen molar-refractivity contribution in [2.75, 3.05) is 0 Å². The maximum absolute atomic E-state index is 12.4. The van der Waals surface area contributed by atoms with Crippen LogP contribution in [0, 0.1) is 11.3 Å². The van der Waals surface area contributed by atoms with Crippen molar-refractivity contribution in [3.05, 3.63) is 11.8 Å². The first-order valence-electron chi connectivity index (χ1n) is 3.44. The van der Waals surface area contributed by atoms with Crippen LogP contribution in [-0.4, -0.2) is 27.8 Å². The van der Waals surface area contributed by atoms with Gasteiger partial charge in [0.1, 0.15) is 5.57 Å². The first kappa shape index (κ1) is 9.63. The molecule has 0 aromatic heterocycles. The lowest BCUT2D eigenvalue weighted by Crippen LogP contribution is -2.16. The largest absolute Gasteiger partial charge is 0.515 e. The highest BCUT2D eigenvalue weighted by molar-refractivity contribution is 6.19. The summed E-state index contributed by atoms with van der Waals surface area (Å²) in [5.41, 5.74) is -1.50. The van der Waals surface area contributed by atoms with E-state index in [2.05, 4.69) is 0 Å². The van der Waals surface area contributed by atoms with Gasteiger partial charge in [-0.1, -0.05) is 0 Å². The quantitative estimate of drug-likeness (QED) is 0.356. The fourth-order valence-corrected chi connectivity index (χ4v) is 0.954. The summed E-state index contributed by atoms with van der Waals surface area (Å²) >= 11 is 0. The Morgan fingerprint density at radius 3 is 2.31 bits per heavy atom. The SMILES string of the molecule is N=C(/C(=C\O)C(=O)O)C1CC1(F)F. The number of carboxylic acid groups (broad SMARTS) is 1. The van der Waals surface area contributed by atoms with Crippen LogP contribution in [0.15, 0.2) is 11.8 Å². The van der Waals surface area contributed by atoms with Crippen LogP contribution in [0.25, 0.3) is 0 Å². The summed E-state index contributed by atoms with van der Waals surface area (Å²) in [6.45, 7) is 0. The molecule has 0 bridgehead atoms. The van der Waals surface area contributed by atoms with Gasteiger partial charge < -0.3 is 15.6 Å². The molecule has 13 heavy (non-hydrogen) atoms. The second kappa shape index (κ2) is 2.79. The summed E-state index contributed by atoms with van der Waals surface area (Å²) in [6.07, 6.45) is -0.352. The van der Waals surface area contributed by atoms with Gasteiger partial charge in [-0.05, 0) is 0 Å². The number of carboxylic acids is 1. The van der Waals surface area contributed by atoms with Gasteiger partial charge in [-0.15, -0.1) is 0 Å². The van der Waals surface area contributed by atoms with E-state index in [-0.39, 0.29) is 6.26 Å². The van der Waals surface area contributed by atoms with Crippen molar-refractivity contribution >= 4 is 11.7 Å². The summed E-state index contributed by atoms with van der Waals surface area (Å²) in [6, 6.07) is 0. The monoisotopic (exact) mass is 191 g/mol. The molecule has 6 heteroatoms. The number of aliphatic carboxylic acids is 1. The van der Waals surface area contributed by atoms with E-state index < -0.39 is 35.5 Å². The van der Waals surface area contributed by atoms with Crippen LogP contribution in [0.5, 0.6) is 0 Å². The smallest absolute Gasteiger partial charge is 0.340 e. The number of carbonyl (C=O) groups is 1. The molecule has 0 heterocycles. The van der Waals surface area contributed by atoms with Gasteiger partial charge >= 0.3 is 5.97 Å². The molecule has 1 saturated carbocycles. The van der Waals surface area contributed by atoms with Gasteiger partial charge in [0.2, 0.25) is 0 Å². The highest BCUT2D eigenvalue weighted by Gasteiger charge is 2.60. The Balaban J connectivity index is 2.75. The molecule has 1 unspecified atom stereocenters. The molecule has 0 radical (unpaired) electrons. The average molecular weight is 191 g/mol. The van der Waals surface area contributed by atoms with Gasteiger partial charge in [0.05, 0.1) is 17.9 Å². The van der Waals surface area contributed by atoms with Gasteiger partial charge in [0, 0.05) is 6.42 Å². The van der Waals surface area contributed by atoms with Gasteiger partial charge in [0.15, 0.2) is 0 Å². The minimum absolute atomic E-state index is 0.166. The number of aliphatic hydroxyl groups is 1. The number of nitrogens with one attached hydrogen (secondary N) is 1. The van der Waals surface area contributed by atoms with Crippen LogP contribution in [0.3, 0.4) is 0 Å². The van der Waals surface area contributed by atoms with E-state index in [0.717, 1.165) is 0 Å². The lowest BCUT2D eigenvalue weighted by atomic mass is 10.1. The van der Waals surface area contributed by atoms with Crippen LogP contribution in [0.1, 0.15) is 6.42 Å². The van der Waals surface area contributed by atoms with Crippen molar-refractivity contribution in [3.8, 4) is 0 Å². The third kappa shape index (κ3) is 1.66. The molecule has 1 fully saturated rings. The molecule has 0 aromatic carbocycles. The van der Waals surface area contributed by atoms with Crippen LogP contribution in [0.4, 0.5) is 8.78 Å². The van der Waals surface area contributed by atoms with Crippen LogP contribution in [0.2, 0.25) is 0 Å².